The average Bonchev–Trinajstić information content (AvgIpc) is 2.14. The summed E-state index contributed by atoms with van der Waals surface area (Å²) in [4.78, 5) is 11.5. The molecule has 14 heavy (non-hydrogen) atoms. The molecule has 1 saturated heterocycles. The topological polar surface area (TPSA) is 63.2 Å². The Bertz CT molecular complexity index is 283. The fraction of sp³-hybridized carbons (Fsp3) is 0.889. The second kappa shape index (κ2) is 4.77. The van der Waals surface area contributed by atoms with Gasteiger partial charge in [-0.2, -0.15) is 0 Å². The lowest BCUT2D eigenvalue weighted by molar-refractivity contribution is -0.125. The molecule has 1 heterocycles. The van der Waals surface area contributed by atoms with E-state index in [4.69, 9.17) is 0 Å². The van der Waals surface area contributed by atoms with Crippen LogP contribution >= 0.6 is 0 Å². The van der Waals surface area contributed by atoms with E-state index in [2.05, 4.69) is 5.32 Å². The minimum atomic E-state index is -2.85. The van der Waals surface area contributed by atoms with Crippen molar-refractivity contribution in [3.63, 3.8) is 0 Å². The smallest absolute Gasteiger partial charge is 0.223 e. The highest BCUT2D eigenvalue weighted by Gasteiger charge is 2.27. The first-order chi connectivity index (χ1) is 6.55. The van der Waals surface area contributed by atoms with Crippen molar-refractivity contribution in [1.82, 2.24) is 5.32 Å². The summed E-state index contributed by atoms with van der Waals surface area (Å²) in [6.45, 7) is 2.67. The molecule has 4 nitrogen and oxygen atoms in total. The van der Waals surface area contributed by atoms with E-state index in [9.17, 15) is 13.2 Å². The van der Waals surface area contributed by atoms with Crippen LogP contribution in [0.25, 0.3) is 0 Å². The summed E-state index contributed by atoms with van der Waals surface area (Å²) in [7, 11) is -2.85. The molecule has 0 aliphatic carbocycles. The number of nitrogens with one attached hydrogen (secondary N) is 1. The van der Waals surface area contributed by atoms with Crippen molar-refractivity contribution in [3.8, 4) is 0 Å². The Morgan fingerprint density at radius 2 is 1.93 bits per heavy atom. The van der Waals surface area contributed by atoms with E-state index in [1.807, 2.05) is 6.92 Å². The summed E-state index contributed by atoms with van der Waals surface area (Å²) in [5, 5.41) is 2.80. The predicted molar refractivity (Wildman–Crippen MR) is 54.7 cm³/mol. The molecule has 0 aromatic heterocycles. The Labute approximate surface area is 85.0 Å². The van der Waals surface area contributed by atoms with Crippen LogP contribution in [0, 0.1) is 5.92 Å². The lowest BCUT2D eigenvalue weighted by atomic mass is 10.0. The Hall–Kier alpha value is -0.580. The van der Waals surface area contributed by atoms with E-state index in [0.717, 1.165) is 6.42 Å². The van der Waals surface area contributed by atoms with Crippen molar-refractivity contribution in [2.45, 2.75) is 26.2 Å². The SMILES string of the molecule is CCCNC(=O)C1CCS(=O)(=O)CC1. The van der Waals surface area contributed by atoms with E-state index in [1.54, 1.807) is 0 Å². The summed E-state index contributed by atoms with van der Waals surface area (Å²) >= 11 is 0. The first kappa shape index (κ1) is 11.5. The molecular formula is C9H17NO3S. The zero-order valence-corrected chi connectivity index (χ0v) is 9.27. The molecule has 1 aliphatic heterocycles. The van der Waals surface area contributed by atoms with Gasteiger partial charge in [-0.1, -0.05) is 6.92 Å². The van der Waals surface area contributed by atoms with Crippen LogP contribution in [-0.4, -0.2) is 32.4 Å². The largest absolute Gasteiger partial charge is 0.356 e. The molecule has 0 bridgehead atoms. The van der Waals surface area contributed by atoms with Gasteiger partial charge in [0.25, 0.3) is 0 Å². The number of carbonyl (C=O) groups excluding carboxylic acids is 1. The van der Waals surface area contributed by atoms with Crippen molar-refractivity contribution in [1.29, 1.82) is 0 Å². The number of amides is 1. The highest BCUT2D eigenvalue weighted by atomic mass is 32.2. The predicted octanol–water partition coefficient (Wildman–Crippen LogP) is 0.337. The van der Waals surface area contributed by atoms with Crippen molar-refractivity contribution in [2.24, 2.45) is 5.92 Å². The first-order valence-corrected chi connectivity index (χ1v) is 6.85. The van der Waals surface area contributed by atoms with Crippen molar-refractivity contribution in [2.75, 3.05) is 18.1 Å². The van der Waals surface area contributed by atoms with Gasteiger partial charge in [0, 0.05) is 12.5 Å². The third-order valence-corrected chi connectivity index (χ3v) is 4.19. The highest BCUT2D eigenvalue weighted by Crippen LogP contribution is 2.18. The zero-order valence-electron chi connectivity index (χ0n) is 8.45. The van der Waals surface area contributed by atoms with Gasteiger partial charge in [0.15, 0.2) is 0 Å². The van der Waals surface area contributed by atoms with Crippen LogP contribution in [0.15, 0.2) is 0 Å². The molecule has 82 valence electrons. The first-order valence-electron chi connectivity index (χ1n) is 5.03. The molecule has 1 fully saturated rings. The van der Waals surface area contributed by atoms with Crippen LogP contribution in [0.3, 0.4) is 0 Å². The quantitative estimate of drug-likeness (QED) is 0.744. The lowest BCUT2D eigenvalue weighted by Crippen LogP contribution is -2.36. The summed E-state index contributed by atoms with van der Waals surface area (Å²) in [6, 6.07) is 0. The molecule has 0 aromatic carbocycles. The molecule has 0 radical (unpaired) electrons. The van der Waals surface area contributed by atoms with Gasteiger partial charge in [-0.15, -0.1) is 0 Å². The van der Waals surface area contributed by atoms with E-state index in [0.29, 0.717) is 19.4 Å². The van der Waals surface area contributed by atoms with Crippen LogP contribution in [0.5, 0.6) is 0 Å². The molecule has 1 aliphatic rings. The zero-order chi connectivity index (χ0) is 10.6. The summed E-state index contributed by atoms with van der Waals surface area (Å²) in [6.07, 6.45) is 1.88. The minimum Gasteiger partial charge on any atom is -0.356 e. The van der Waals surface area contributed by atoms with Gasteiger partial charge in [-0.05, 0) is 19.3 Å². The molecule has 1 rings (SSSR count). The number of rotatable bonds is 3. The van der Waals surface area contributed by atoms with Crippen molar-refractivity contribution < 1.29 is 13.2 Å². The van der Waals surface area contributed by atoms with Gasteiger partial charge < -0.3 is 5.32 Å². The van der Waals surface area contributed by atoms with Gasteiger partial charge in [-0.3, -0.25) is 4.79 Å². The van der Waals surface area contributed by atoms with Crippen LogP contribution in [0.4, 0.5) is 0 Å². The maximum Gasteiger partial charge on any atom is 0.223 e. The second-order valence-electron chi connectivity index (χ2n) is 3.72. The third kappa shape index (κ3) is 3.29. The van der Waals surface area contributed by atoms with Crippen LogP contribution in [0.2, 0.25) is 0 Å². The molecule has 0 unspecified atom stereocenters. The van der Waals surface area contributed by atoms with Crippen LogP contribution in [0.1, 0.15) is 26.2 Å². The van der Waals surface area contributed by atoms with Gasteiger partial charge in [-0.25, -0.2) is 8.42 Å². The molecule has 1 N–H and O–H groups in total. The molecule has 5 heteroatoms. The highest BCUT2D eigenvalue weighted by molar-refractivity contribution is 7.91. The van der Waals surface area contributed by atoms with Gasteiger partial charge in [0.05, 0.1) is 11.5 Å². The van der Waals surface area contributed by atoms with E-state index < -0.39 is 9.84 Å². The number of hydrogen-bond acceptors (Lipinski definition) is 3. The Morgan fingerprint density at radius 1 is 1.36 bits per heavy atom. The number of sulfone groups is 1. The molecule has 1 amide bonds. The Morgan fingerprint density at radius 3 is 2.43 bits per heavy atom. The number of hydrogen-bond donors (Lipinski definition) is 1. The lowest BCUT2D eigenvalue weighted by Gasteiger charge is -2.20. The molecule has 0 spiro atoms. The molecular weight excluding hydrogens is 202 g/mol. The average molecular weight is 219 g/mol. The van der Waals surface area contributed by atoms with Crippen molar-refractivity contribution in [3.05, 3.63) is 0 Å². The maximum atomic E-state index is 11.5. The summed E-state index contributed by atoms with van der Waals surface area (Å²) < 4.78 is 22.2. The minimum absolute atomic E-state index is 0.0155. The van der Waals surface area contributed by atoms with Crippen LogP contribution < -0.4 is 5.32 Å². The molecule has 0 aromatic rings. The van der Waals surface area contributed by atoms with Gasteiger partial charge in [0.2, 0.25) is 5.91 Å². The summed E-state index contributed by atoms with van der Waals surface area (Å²) in [5.74, 6) is 0.251. The fourth-order valence-electron chi connectivity index (χ4n) is 1.54. The standard InChI is InChI=1S/C9H17NO3S/c1-2-5-10-9(11)8-3-6-14(12,13)7-4-8/h8H,2-7H2,1H3,(H,10,11). The normalized spacial score (nSPS) is 21.8. The van der Waals surface area contributed by atoms with Gasteiger partial charge >= 0.3 is 0 Å². The van der Waals surface area contributed by atoms with E-state index in [-0.39, 0.29) is 23.3 Å². The van der Waals surface area contributed by atoms with Gasteiger partial charge in [0.1, 0.15) is 9.84 Å². The molecule has 0 saturated carbocycles. The Balaban J connectivity index is 2.38. The Kier molecular flexibility index (Phi) is 3.92. The van der Waals surface area contributed by atoms with Crippen molar-refractivity contribution >= 4 is 15.7 Å². The van der Waals surface area contributed by atoms with E-state index >= 15 is 0 Å². The van der Waals surface area contributed by atoms with Crippen LogP contribution in [-0.2, 0) is 14.6 Å². The fourth-order valence-corrected chi connectivity index (χ4v) is 3.04. The number of carbonyl (C=O) groups is 1. The second-order valence-corrected chi connectivity index (χ2v) is 6.02. The van der Waals surface area contributed by atoms with E-state index in [1.165, 1.54) is 0 Å². The maximum absolute atomic E-state index is 11.5. The third-order valence-electron chi connectivity index (χ3n) is 2.47. The summed E-state index contributed by atoms with van der Waals surface area (Å²) in [5.41, 5.74) is 0. The molecule has 0 atom stereocenters. The monoisotopic (exact) mass is 219 g/mol.